The molecule has 3 N–H and O–H groups in total. The van der Waals surface area contributed by atoms with Gasteiger partial charge in [-0.1, -0.05) is 62.4 Å². The Labute approximate surface area is 199 Å². The predicted molar refractivity (Wildman–Crippen MR) is 128 cm³/mol. The van der Waals surface area contributed by atoms with Crippen LogP contribution in [0.2, 0.25) is 0 Å². The van der Waals surface area contributed by atoms with Crippen LogP contribution in [0, 0.1) is 11.8 Å². The number of carboxylic acids is 1. The number of rotatable bonds is 9. The zero-order chi connectivity index (χ0) is 24.2. The number of hydrogen-bond acceptors (Lipinski definition) is 4. The van der Waals surface area contributed by atoms with E-state index in [4.69, 9.17) is 4.74 Å². The molecule has 1 saturated carbocycles. The van der Waals surface area contributed by atoms with E-state index >= 15 is 0 Å². The molecule has 2 aromatic rings. The lowest BCUT2D eigenvalue weighted by Crippen LogP contribution is -2.47. The zero-order valence-corrected chi connectivity index (χ0v) is 19.6. The summed E-state index contributed by atoms with van der Waals surface area (Å²) in [6.07, 6.45) is 1.58. The van der Waals surface area contributed by atoms with Crippen LogP contribution in [0.3, 0.4) is 0 Å². The highest BCUT2D eigenvalue weighted by Gasteiger charge is 2.34. The van der Waals surface area contributed by atoms with Crippen molar-refractivity contribution < 1.29 is 24.2 Å². The minimum absolute atomic E-state index is 0.0176. The number of hydrogen-bond donors (Lipinski definition) is 3. The maximum Gasteiger partial charge on any atom is 0.407 e. The number of carboxylic acid groups (broad SMARTS) is 1. The van der Waals surface area contributed by atoms with E-state index in [-0.39, 0.29) is 42.7 Å². The number of nitrogens with one attached hydrogen (secondary N) is 2. The fraction of sp³-hybridized carbons (Fsp3) is 0.444. The molecule has 2 aromatic carbocycles. The van der Waals surface area contributed by atoms with Gasteiger partial charge in [0.05, 0.1) is 0 Å². The highest BCUT2D eigenvalue weighted by Crippen LogP contribution is 2.44. The molecular formula is C27H32N2O5. The molecule has 0 saturated heterocycles. The molecule has 2 aliphatic carbocycles. The van der Waals surface area contributed by atoms with Crippen LogP contribution in [0.5, 0.6) is 0 Å². The third-order valence-electron chi connectivity index (χ3n) is 6.72. The lowest BCUT2D eigenvalue weighted by molar-refractivity contribution is -0.142. The second-order valence-corrected chi connectivity index (χ2v) is 9.80. The molecule has 34 heavy (non-hydrogen) atoms. The summed E-state index contributed by atoms with van der Waals surface area (Å²) in [5.74, 6) is -0.935. The Morgan fingerprint density at radius 3 is 2.15 bits per heavy atom. The van der Waals surface area contributed by atoms with E-state index in [9.17, 15) is 19.5 Å². The Morgan fingerprint density at radius 1 is 1.00 bits per heavy atom. The van der Waals surface area contributed by atoms with Gasteiger partial charge in [-0.15, -0.1) is 0 Å². The van der Waals surface area contributed by atoms with E-state index in [1.165, 1.54) is 22.3 Å². The van der Waals surface area contributed by atoms with Crippen molar-refractivity contribution in [3.05, 3.63) is 59.7 Å². The molecule has 0 aromatic heterocycles. The molecule has 0 unspecified atom stereocenters. The first kappa shape index (κ1) is 23.8. The van der Waals surface area contributed by atoms with Crippen LogP contribution >= 0.6 is 0 Å². The van der Waals surface area contributed by atoms with Crippen molar-refractivity contribution in [1.29, 1.82) is 0 Å². The van der Waals surface area contributed by atoms with Crippen molar-refractivity contribution in [2.24, 2.45) is 11.8 Å². The molecule has 0 bridgehead atoms. The van der Waals surface area contributed by atoms with Crippen LogP contribution in [0.1, 0.15) is 56.6 Å². The van der Waals surface area contributed by atoms with Gasteiger partial charge >= 0.3 is 12.1 Å². The minimum atomic E-state index is -1.01. The largest absolute Gasteiger partial charge is 0.480 e. The standard InChI is InChI=1S/C27H32N2O5/c1-16(2)11-24(26(31)32)29-25(30)14-17-12-18(13-17)28-27(33)34-15-23-21-9-5-3-7-19(21)20-8-4-6-10-22(20)23/h3-10,16-18,23-24H,11-15H2,1-2H3,(H,28,33)(H,29,30)(H,31,32)/t17?,18?,24-/m1/s1. The summed E-state index contributed by atoms with van der Waals surface area (Å²) in [4.78, 5) is 36.0. The second kappa shape index (κ2) is 10.3. The van der Waals surface area contributed by atoms with Gasteiger partial charge in [0.15, 0.2) is 0 Å². The molecule has 1 fully saturated rings. The number of alkyl carbamates (subject to hydrolysis) is 1. The molecule has 0 radical (unpaired) electrons. The van der Waals surface area contributed by atoms with E-state index < -0.39 is 18.1 Å². The first-order valence-electron chi connectivity index (χ1n) is 12.0. The number of amides is 2. The highest BCUT2D eigenvalue weighted by atomic mass is 16.5. The third-order valence-corrected chi connectivity index (χ3v) is 6.72. The van der Waals surface area contributed by atoms with Crippen molar-refractivity contribution in [1.82, 2.24) is 10.6 Å². The summed E-state index contributed by atoms with van der Waals surface area (Å²) in [6.45, 7) is 4.12. The van der Waals surface area contributed by atoms with Crippen molar-refractivity contribution in [3.63, 3.8) is 0 Å². The molecule has 180 valence electrons. The smallest absolute Gasteiger partial charge is 0.407 e. The van der Waals surface area contributed by atoms with E-state index in [1.54, 1.807) is 0 Å². The van der Waals surface area contributed by atoms with Gasteiger partial charge in [-0.2, -0.15) is 0 Å². The minimum Gasteiger partial charge on any atom is -0.480 e. The van der Waals surface area contributed by atoms with Gasteiger partial charge in [-0.05, 0) is 53.4 Å². The normalized spacial score (nSPS) is 19.5. The molecule has 0 heterocycles. The van der Waals surface area contributed by atoms with Gasteiger partial charge in [0, 0.05) is 18.4 Å². The van der Waals surface area contributed by atoms with Crippen molar-refractivity contribution in [2.75, 3.05) is 6.61 Å². The van der Waals surface area contributed by atoms with Gasteiger partial charge in [0.25, 0.3) is 0 Å². The predicted octanol–water partition coefficient (Wildman–Crippen LogP) is 4.31. The summed E-state index contributed by atoms with van der Waals surface area (Å²) < 4.78 is 5.58. The maximum absolute atomic E-state index is 12.4. The number of fused-ring (bicyclic) bond motifs is 3. The van der Waals surface area contributed by atoms with Crippen LogP contribution < -0.4 is 10.6 Å². The average molecular weight is 465 g/mol. The van der Waals surface area contributed by atoms with Crippen LogP contribution in [0.4, 0.5) is 4.79 Å². The summed E-state index contributed by atoms with van der Waals surface area (Å²) >= 11 is 0. The van der Waals surface area contributed by atoms with Gasteiger partial charge in [-0.3, -0.25) is 4.79 Å². The molecule has 4 rings (SSSR count). The number of aliphatic carboxylic acids is 1. The number of carbonyl (C=O) groups is 3. The molecule has 2 aliphatic rings. The first-order chi connectivity index (χ1) is 16.3. The lowest BCUT2D eigenvalue weighted by atomic mass is 9.78. The van der Waals surface area contributed by atoms with Crippen LogP contribution in [-0.4, -0.2) is 41.8 Å². The quantitative estimate of drug-likeness (QED) is 0.513. The van der Waals surface area contributed by atoms with Gasteiger partial charge in [-0.25, -0.2) is 9.59 Å². The van der Waals surface area contributed by atoms with Crippen molar-refractivity contribution in [2.45, 2.75) is 57.5 Å². The first-order valence-corrected chi connectivity index (χ1v) is 12.0. The number of benzene rings is 2. The van der Waals surface area contributed by atoms with Crippen LogP contribution in [0.25, 0.3) is 11.1 Å². The fourth-order valence-electron chi connectivity index (χ4n) is 5.04. The third kappa shape index (κ3) is 5.41. The molecule has 2 amide bonds. The Kier molecular flexibility index (Phi) is 7.20. The fourth-order valence-corrected chi connectivity index (χ4v) is 5.04. The summed E-state index contributed by atoms with van der Waals surface area (Å²) in [7, 11) is 0. The molecule has 0 aliphatic heterocycles. The van der Waals surface area contributed by atoms with E-state index in [2.05, 4.69) is 34.9 Å². The Bertz CT molecular complexity index is 1010. The highest BCUT2D eigenvalue weighted by molar-refractivity contribution is 5.83. The summed E-state index contributed by atoms with van der Waals surface area (Å²) in [6, 6.07) is 15.5. The molecule has 7 nitrogen and oxygen atoms in total. The zero-order valence-electron chi connectivity index (χ0n) is 19.6. The topological polar surface area (TPSA) is 105 Å². The van der Waals surface area contributed by atoms with Gasteiger partial charge in [0.1, 0.15) is 12.6 Å². The second-order valence-electron chi connectivity index (χ2n) is 9.80. The van der Waals surface area contributed by atoms with E-state index in [1.807, 2.05) is 38.1 Å². The SMILES string of the molecule is CC(C)C[C@@H](NC(=O)CC1CC(NC(=O)OCC2c3ccccc3-c3ccccc32)C1)C(=O)O. The molecule has 7 heteroatoms. The van der Waals surface area contributed by atoms with Gasteiger partial charge < -0.3 is 20.5 Å². The lowest BCUT2D eigenvalue weighted by Gasteiger charge is -2.35. The monoisotopic (exact) mass is 464 g/mol. The molecule has 0 spiro atoms. The average Bonchev–Trinajstić information content (AvgIpc) is 3.09. The summed E-state index contributed by atoms with van der Waals surface area (Å²) in [5, 5.41) is 14.8. The maximum atomic E-state index is 12.4. The van der Waals surface area contributed by atoms with E-state index in [0.29, 0.717) is 19.3 Å². The molecular weight excluding hydrogens is 432 g/mol. The molecule has 1 atom stereocenters. The Balaban J connectivity index is 1.21. The van der Waals surface area contributed by atoms with E-state index in [0.717, 1.165) is 0 Å². The van der Waals surface area contributed by atoms with Crippen molar-refractivity contribution >= 4 is 18.0 Å². The Hall–Kier alpha value is -3.35. The van der Waals surface area contributed by atoms with Crippen molar-refractivity contribution in [3.8, 4) is 11.1 Å². The Morgan fingerprint density at radius 2 is 1.59 bits per heavy atom. The number of carbonyl (C=O) groups excluding carboxylic acids is 2. The van der Waals surface area contributed by atoms with Crippen LogP contribution in [0.15, 0.2) is 48.5 Å². The van der Waals surface area contributed by atoms with Gasteiger partial charge in [0.2, 0.25) is 5.91 Å². The summed E-state index contributed by atoms with van der Waals surface area (Å²) in [5.41, 5.74) is 4.71. The number of ether oxygens (including phenoxy) is 1. The van der Waals surface area contributed by atoms with Crippen LogP contribution in [-0.2, 0) is 14.3 Å².